The highest BCUT2D eigenvalue weighted by Crippen LogP contribution is 2.21. The summed E-state index contributed by atoms with van der Waals surface area (Å²) in [6.07, 6.45) is 1.24. The highest BCUT2D eigenvalue weighted by molar-refractivity contribution is 4.91. The summed E-state index contributed by atoms with van der Waals surface area (Å²) in [7, 11) is 0. The van der Waals surface area contributed by atoms with Crippen LogP contribution in [0.2, 0.25) is 0 Å². The molecule has 1 heterocycles. The Labute approximate surface area is 82.7 Å². The fourth-order valence-electron chi connectivity index (χ4n) is 2.05. The Hall–Kier alpha value is -0.0800. The summed E-state index contributed by atoms with van der Waals surface area (Å²) in [4.78, 5) is 2.65. The van der Waals surface area contributed by atoms with Crippen LogP contribution in [0.4, 0.5) is 0 Å². The second-order valence-electron chi connectivity index (χ2n) is 4.87. The number of hydrogen-bond donors (Lipinski definition) is 1. The van der Waals surface area contributed by atoms with Crippen LogP contribution in [0.25, 0.3) is 0 Å². The molecule has 0 bridgehead atoms. The minimum Gasteiger partial charge on any atom is -0.314 e. The van der Waals surface area contributed by atoms with Gasteiger partial charge in [-0.3, -0.25) is 4.90 Å². The van der Waals surface area contributed by atoms with Gasteiger partial charge in [0, 0.05) is 31.7 Å². The minimum absolute atomic E-state index is 0.391. The first-order chi connectivity index (χ1) is 6.08. The second kappa shape index (κ2) is 4.43. The summed E-state index contributed by atoms with van der Waals surface area (Å²) in [5.41, 5.74) is 0.391. The number of hydrogen-bond acceptors (Lipinski definition) is 2. The summed E-state index contributed by atoms with van der Waals surface area (Å²) in [5, 5.41) is 3.49. The van der Waals surface area contributed by atoms with Gasteiger partial charge in [-0.1, -0.05) is 20.8 Å². The zero-order valence-corrected chi connectivity index (χ0v) is 9.56. The number of nitrogens with zero attached hydrogens (tertiary/aromatic N) is 1. The molecule has 1 saturated heterocycles. The number of piperazine rings is 1. The number of nitrogens with one attached hydrogen (secondary N) is 1. The van der Waals surface area contributed by atoms with Crippen molar-refractivity contribution < 1.29 is 0 Å². The Balaban J connectivity index is 2.56. The second-order valence-corrected chi connectivity index (χ2v) is 4.87. The smallest absolute Gasteiger partial charge is 0.0303 e. The van der Waals surface area contributed by atoms with Crippen LogP contribution in [-0.4, -0.2) is 36.6 Å². The molecule has 13 heavy (non-hydrogen) atoms. The third-order valence-electron chi connectivity index (χ3n) is 3.17. The van der Waals surface area contributed by atoms with Crippen LogP contribution in [0.5, 0.6) is 0 Å². The zero-order chi connectivity index (χ0) is 9.90. The third kappa shape index (κ3) is 2.68. The normalized spacial score (nSPS) is 31.2. The predicted octanol–water partition coefficient (Wildman–Crippen LogP) is 1.72. The van der Waals surface area contributed by atoms with Crippen LogP contribution in [0.1, 0.15) is 34.1 Å². The summed E-state index contributed by atoms with van der Waals surface area (Å²) in [6.45, 7) is 14.0. The molecule has 0 aromatic heterocycles. The van der Waals surface area contributed by atoms with E-state index in [1.807, 2.05) is 0 Å². The molecule has 1 atom stereocenters. The molecular weight excluding hydrogens is 160 g/mol. The van der Waals surface area contributed by atoms with Crippen LogP contribution in [0.15, 0.2) is 0 Å². The highest BCUT2D eigenvalue weighted by Gasteiger charge is 2.32. The van der Waals surface area contributed by atoms with E-state index in [2.05, 4.69) is 37.9 Å². The van der Waals surface area contributed by atoms with E-state index < -0.39 is 0 Å². The average molecular weight is 184 g/mol. The van der Waals surface area contributed by atoms with Crippen molar-refractivity contribution in [1.82, 2.24) is 10.2 Å². The molecule has 1 fully saturated rings. The van der Waals surface area contributed by atoms with Gasteiger partial charge in [-0.15, -0.1) is 0 Å². The molecule has 0 aromatic carbocycles. The van der Waals surface area contributed by atoms with Crippen molar-refractivity contribution in [2.24, 2.45) is 5.92 Å². The first kappa shape index (κ1) is 11.0. The third-order valence-corrected chi connectivity index (χ3v) is 3.17. The van der Waals surface area contributed by atoms with Gasteiger partial charge in [0.1, 0.15) is 0 Å². The Kier molecular flexibility index (Phi) is 3.74. The molecule has 1 N–H and O–H groups in total. The van der Waals surface area contributed by atoms with Gasteiger partial charge >= 0.3 is 0 Å². The average Bonchev–Trinajstić information content (AvgIpc) is 2.09. The summed E-state index contributed by atoms with van der Waals surface area (Å²) in [5.74, 6) is 0.781. The summed E-state index contributed by atoms with van der Waals surface area (Å²) in [6, 6.07) is 0. The van der Waals surface area contributed by atoms with E-state index >= 15 is 0 Å². The quantitative estimate of drug-likeness (QED) is 0.718. The van der Waals surface area contributed by atoms with Crippen molar-refractivity contribution in [3.05, 3.63) is 0 Å². The number of rotatable bonds is 3. The van der Waals surface area contributed by atoms with Crippen LogP contribution in [0, 0.1) is 5.92 Å². The van der Waals surface area contributed by atoms with E-state index in [0.29, 0.717) is 5.54 Å². The lowest BCUT2D eigenvalue weighted by molar-refractivity contribution is 0.0600. The minimum atomic E-state index is 0.391. The van der Waals surface area contributed by atoms with E-state index in [1.54, 1.807) is 0 Å². The molecule has 2 nitrogen and oxygen atoms in total. The molecule has 1 aliphatic rings. The van der Waals surface area contributed by atoms with E-state index in [4.69, 9.17) is 0 Å². The molecule has 78 valence electrons. The van der Waals surface area contributed by atoms with Crippen molar-refractivity contribution >= 4 is 0 Å². The lowest BCUT2D eigenvalue weighted by Crippen LogP contribution is -2.59. The molecule has 0 amide bonds. The van der Waals surface area contributed by atoms with Gasteiger partial charge in [0.05, 0.1) is 0 Å². The van der Waals surface area contributed by atoms with Crippen molar-refractivity contribution in [3.63, 3.8) is 0 Å². The molecule has 0 aliphatic carbocycles. The van der Waals surface area contributed by atoms with Gasteiger partial charge in [-0.25, -0.2) is 0 Å². The fraction of sp³-hybridized carbons (Fsp3) is 1.00. The Morgan fingerprint density at radius 1 is 1.46 bits per heavy atom. The largest absolute Gasteiger partial charge is 0.314 e. The van der Waals surface area contributed by atoms with Crippen LogP contribution in [0.3, 0.4) is 0 Å². The molecule has 2 heteroatoms. The fourth-order valence-corrected chi connectivity index (χ4v) is 2.05. The van der Waals surface area contributed by atoms with Crippen molar-refractivity contribution in [3.8, 4) is 0 Å². The van der Waals surface area contributed by atoms with E-state index in [0.717, 1.165) is 19.0 Å². The van der Waals surface area contributed by atoms with E-state index in [9.17, 15) is 0 Å². The van der Waals surface area contributed by atoms with Crippen molar-refractivity contribution in [1.29, 1.82) is 0 Å². The molecule has 1 aliphatic heterocycles. The van der Waals surface area contributed by atoms with Gasteiger partial charge in [0.25, 0.3) is 0 Å². The van der Waals surface area contributed by atoms with Gasteiger partial charge in [-0.05, 0) is 19.3 Å². The first-order valence-corrected chi connectivity index (χ1v) is 5.54. The predicted molar refractivity (Wildman–Crippen MR) is 58.0 cm³/mol. The van der Waals surface area contributed by atoms with Gasteiger partial charge in [0.15, 0.2) is 0 Å². The Morgan fingerprint density at radius 2 is 2.15 bits per heavy atom. The molecule has 1 unspecified atom stereocenters. The van der Waals surface area contributed by atoms with Crippen LogP contribution >= 0.6 is 0 Å². The lowest BCUT2D eigenvalue weighted by Gasteiger charge is -2.45. The molecule has 0 radical (unpaired) electrons. The molecule has 0 saturated carbocycles. The maximum Gasteiger partial charge on any atom is 0.0303 e. The zero-order valence-electron chi connectivity index (χ0n) is 9.56. The summed E-state index contributed by atoms with van der Waals surface area (Å²) < 4.78 is 0. The topological polar surface area (TPSA) is 15.3 Å². The van der Waals surface area contributed by atoms with Gasteiger partial charge in [0.2, 0.25) is 0 Å². The van der Waals surface area contributed by atoms with Crippen molar-refractivity contribution in [2.45, 2.75) is 39.7 Å². The van der Waals surface area contributed by atoms with E-state index in [-0.39, 0.29) is 0 Å². The molecular formula is C11H24N2. The van der Waals surface area contributed by atoms with Gasteiger partial charge in [-0.2, -0.15) is 0 Å². The SMILES string of the molecule is CCC1(C)CNCCN1CC(C)C. The lowest BCUT2D eigenvalue weighted by atomic mass is 9.93. The summed E-state index contributed by atoms with van der Waals surface area (Å²) >= 11 is 0. The Bertz CT molecular complexity index is 156. The van der Waals surface area contributed by atoms with Crippen LogP contribution in [-0.2, 0) is 0 Å². The first-order valence-electron chi connectivity index (χ1n) is 5.54. The van der Waals surface area contributed by atoms with Gasteiger partial charge < -0.3 is 5.32 Å². The molecule has 0 spiro atoms. The monoisotopic (exact) mass is 184 g/mol. The van der Waals surface area contributed by atoms with Crippen LogP contribution < -0.4 is 5.32 Å². The maximum absolute atomic E-state index is 3.49. The maximum atomic E-state index is 3.49. The Morgan fingerprint density at radius 3 is 2.69 bits per heavy atom. The highest BCUT2D eigenvalue weighted by atomic mass is 15.3. The van der Waals surface area contributed by atoms with E-state index in [1.165, 1.54) is 19.5 Å². The standard InChI is InChI=1S/C11H24N2/c1-5-11(4)9-12-6-7-13(11)8-10(2)3/h10,12H,5-9H2,1-4H3. The molecule has 1 rings (SSSR count). The van der Waals surface area contributed by atoms with Crippen molar-refractivity contribution in [2.75, 3.05) is 26.2 Å². The molecule has 0 aromatic rings.